The number of aryl methyl sites for hydroxylation is 2. The van der Waals surface area contributed by atoms with E-state index in [0.29, 0.717) is 11.3 Å². The minimum Gasteiger partial charge on any atom is -0.395 e. The largest absolute Gasteiger partial charge is 0.395 e. The highest BCUT2D eigenvalue weighted by Crippen LogP contribution is 2.15. The van der Waals surface area contributed by atoms with Crippen molar-refractivity contribution in [2.75, 3.05) is 13.2 Å². The number of carbonyl (C=O) groups is 1. The molecule has 6 heteroatoms. The number of nitrogens with zero attached hydrogens (tertiary/aromatic N) is 3. The molecule has 0 fully saturated rings. The fourth-order valence-electron chi connectivity index (χ4n) is 2.53. The molecule has 1 heterocycles. The lowest BCUT2D eigenvalue weighted by molar-refractivity contribution is 0.0618. The maximum absolute atomic E-state index is 12.8. The Balaban J connectivity index is 3.37. The third-order valence-corrected chi connectivity index (χ3v) is 3.92. The van der Waals surface area contributed by atoms with E-state index in [2.05, 4.69) is 5.10 Å². The van der Waals surface area contributed by atoms with Crippen molar-refractivity contribution in [3.8, 4) is 0 Å². The molecule has 1 rings (SSSR count). The summed E-state index contributed by atoms with van der Waals surface area (Å²) in [6.45, 7) is 7.62. The van der Waals surface area contributed by atoms with Crippen molar-refractivity contribution < 1.29 is 9.90 Å². The normalized spacial score (nSPS) is 11.0. The Kier molecular flexibility index (Phi) is 6.08. The van der Waals surface area contributed by atoms with Crippen LogP contribution < -0.4 is 5.56 Å². The first-order chi connectivity index (χ1) is 9.88. The topological polar surface area (TPSA) is 75.4 Å². The summed E-state index contributed by atoms with van der Waals surface area (Å²) in [4.78, 5) is 26.7. The van der Waals surface area contributed by atoms with Crippen LogP contribution in [0.4, 0.5) is 0 Å². The summed E-state index contributed by atoms with van der Waals surface area (Å²) in [6.07, 6.45) is 1.57. The second kappa shape index (κ2) is 7.36. The van der Waals surface area contributed by atoms with Crippen molar-refractivity contribution >= 4 is 5.91 Å². The SMILES string of the molecule is CCC(CC)N(CCO)C(=O)c1c(C)c(C)nn(C)c1=O. The average Bonchev–Trinajstić information content (AvgIpc) is 2.45. The second-order valence-corrected chi connectivity index (χ2v) is 5.21. The number of aliphatic hydroxyl groups is 1. The molecule has 0 unspecified atom stereocenters. The van der Waals surface area contributed by atoms with Gasteiger partial charge >= 0.3 is 0 Å². The van der Waals surface area contributed by atoms with Crippen molar-refractivity contribution in [1.82, 2.24) is 14.7 Å². The van der Waals surface area contributed by atoms with Crippen molar-refractivity contribution in [1.29, 1.82) is 0 Å². The summed E-state index contributed by atoms with van der Waals surface area (Å²) >= 11 is 0. The zero-order valence-corrected chi connectivity index (χ0v) is 13.5. The van der Waals surface area contributed by atoms with E-state index < -0.39 is 5.56 Å². The fourth-order valence-corrected chi connectivity index (χ4v) is 2.53. The van der Waals surface area contributed by atoms with Gasteiger partial charge < -0.3 is 10.0 Å². The Morgan fingerprint density at radius 3 is 2.38 bits per heavy atom. The summed E-state index contributed by atoms with van der Waals surface area (Å²) in [5.74, 6) is -0.318. The van der Waals surface area contributed by atoms with E-state index in [4.69, 9.17) is 0 Å². The van der Waals surface area contributed by atoms with Crippen molar-refractivity contribution in [2.24, 2.45) is 7.05 Å². The van der Waals surface area contributed by atoms with Crippen LogP contribution in [-0.2, 0) is 7.05 Å². The lowest BCUT2D eigenvalue weighted by atomic mass is 10.1. The summed E-state index contributed by atoms with van der Waals surface area (Å²) in [5.41, 5.74) is 1.04. The molecule has 0 saturated carbocycles. The van der Waals surface area contributed by atoms with Gasteiger partial charge in [0.15, 0.2) is 0 Å². The van der Waals surface area contributed by atoms with E-state index in [0.717, 1.165) is 12.8 Å². The van der Waals surface area contributed by atoms with Gasteiger partial charge in [-0.1, -0.05) is 13.8 Å². The highest BCUT2D eigenvalue weighted by Gasteiger charge is 2.26. The average molecular weight is 295 g/mol. The number of hydrogen-bond acceptors (Lipinski definition) is 4. The highest BCUT2D eigenvalue weighted by atomic mass is 16.3. The predicted molar refractivity (Wildman–Crippen MR) is 81.4 cm³/mol. The molecule has 0 saturated heterocycles. The van der Waals surface area contributed by atoms with Crippen molar-refractivity contribution in [3.63, 3.8) is 0 Å². The van der Waals surface area contributed by atoms with Gasteiger partial charge in [0, 0.05) is 19.6 Å². The van der Waals surface area contributed by atoms with E-state index in [-0.39, 0.29) is 30.7 Å². The minimum absolute atomic E-state index is 0.0160. The molecular weight excluding hydrogens is 270 g/mol. The maximum atomic E-state index is 12.8. The minimum atomic E-state index is -0.392. The molecule has 21 heavy (non-hydrogen) atoms. The molecule has 0 spiro atoms. The van der Waals surface area contributed by atoms with Crippen LogP contribution in [0, 0.1) is 13.8 Å². The number of rotatable bonds is 6. The van der Waals surface area contributed by atoms with Gasteiger partial charge in [-0.05, 0) is 32.3 Å². The smallest absolute Gasteiger partial charge is 0.279 e. The predicted octanol–water partition coefficient (Wildman–Crippen LogP) is 1.02. The zero-order chi connectivity index (χ0) is 16.2. The lowest BCUT2D eigenvalue weighted by Gasteiger charge is -2.30. The summed E-state index contributed by atoms with van der Waals surface area (Å²) in [6, 6.07) is 0.0160. The Hall–Kier alpha value is -1.69. The number of aromatic nitrogens is 2. The molecule has 6 nitrogen and oxygen atoms in total. The second-order valence-electron chi connectivity index (χ2n) is 5.21. The van der Waals surface area contributed by atoms with Gasteiger partial charge in [0.05, 0.1) is 12.3 Å². The van der Waals surface area contributed by atoms with Crippen LogP contribution in [0.5, 0.6) is 0 Å². The molecule has 1 aromatic rings. The van der Waals surface area contributed by atoms with E-state index in [9.17, 15) is 14.7 Å². The number of carbonyl (C=O) groups excluding carboxylic acids is 1. The number of aliphatic hydroxyl groups excluding tert-OH is 1. The molecule has 0 radical (unpaired) electrons. The van der Waals surface area contributed by atoms with Gasteiger partial charge in [-0.25, -0.2) is 4.68 Å². The molecule has 118 valence electrons. The first-order valence-corrected chi connectivity index (χ1v) is 7.35. The molecule has 1 N–H and O–H groups in total. The molecule has 0 aliphatic carbocycles. The molecule has 0 aromatic carbocycles. The van der Waals surface area contributed by atoms with Crippen molar-refractivity contribution in [2.45, 2.75) is 46.6 Å². The molecule has 0 bridgehead atoms. The van der Waals surface area contributed by atoms with Gasteiger partial charge in [0.25, 0.3) is 11.5 Å². The van der Waals surface area contributed by atoms with Crippen LogP contribution in [0.15, 0.2) is 4.79 Å². The van der Waals surface area contributed by atoms with E-state index in [1.54, 1.807) is 25.8 Å². The molecule has 1 amide bonds. The maximum Gasteiger partial charge on any atom is 0.279 e. The van der Waals surface area contributed by atoms with Crippen LogP contribution in [0.2, 0.25) is 0 Å². The first kappa shape index (κ1) is 17.4. The molecule has 0 aliphatic rings. The molecule has 1 aromatic heterocycles. The monoisotopic (exact) mass is 295 g/mol. The Bertz CT molecular complexity index is 562. The van der Waals surface area contributed by atoms with Gasteiger partial charge in [-0.2, -0.15) is 5.10 Å². The van der Waals surface area contributed by atoms with Crippen LogP contribution in [-0.4, -0.2) is 44.9 Å². The fraction of sp³-hybridized carbons (Fsp3) is 0.667. The zero-order valence-electron chi connectivity index (χ0n) is 13.5. The van der Waals surface area contributed by atoms with Crippen LogP contribution in [0.3, 0.4) is 0 Å². The van der Waals surface area contributed by atoms with Crippen LogP contribution in [0.25, 0.3) is 0 Å². The van der Waals surface area contributed by atoms with Gasteiger partial charge in [-0.3, -0.25) is 9.59 Å². The highest BCUT2D eigenvalue weighted by molar-refractivity contribution is 5.95. The number of amides is 1. The van der Waals surface area contributed by atoms with Gasteiger partial charge in [-0.15, -0.1) is 0 Å². The standard InChI is InChI=1S/C15H25N3O3/c1-6-12(7-2)18(8-9-19)15(21)13-10(3)11(4)16-17(5)14(13)20/h12,19H,6-9H2,1-5H3. The quantitative estimate of drug-likeness (QED) is 0.850. The van der Waals surface area contributed by atoms with Crippen LogP contribution >= 0.6 is 0 Å². The van der Waals surface area contributed by atoms with E-state index in [1.807, 2.05) is 13.8 Å². The Morgan fingerprint density at radius 2 is 1.90 bits per heavy atom. The summed E-state index contributed by atoms with van der Waals surface area (Å²) in [7, 11) is 1.54. The summed E-state index contributed by atoms with van der Waals surface area (Å²) in [5, 5.41) is 13.3. The Morgan fingerprint density at radius 1 is 1.33 bits per heavy atom. The van der Waals surface area contributed by atoms with E-state index >= 15 is 0 Å². The number of hydrogen-bond donors (Lipinski definition) is 1. The van der Waals surface area contributed by atoms with Gasteiger partial charge in [0.1, 0.15) is 5.56 Å². The Labute approximate surface area is 125 Å². The molecule has 0 atom stereocenters. The van der Waals surface area contributed by atoms with Crippen LogP contribution in [0.1, 0.15) is 48.3 Å². The third kappa shape index (κ3) is 3.50. The lowest BCUT2D eigenvalue weighted by Crippen LogP contribution is -2.45. The first-order valence-electron chi connectivity index (χ1n) is 7.35. The molecule has 0 aliphatic heterocycles. The van der Waals surface area contributed by atoms with E-state index in [1.165, 1.54) is 4.68 Å². The van der Waals surface area contributed by atoms with Gasteiger partial charge in [0.2, 0.25) is 0 Å². The van der Waals surface area contributed by atoms with Crippen molar-refractivity contribution in [3.05, 3.63) is 27.2 Å². The molecular formula is C15H25N3O3. The summed E-state index contributed by atoms with van der Waals surface area (Å²) < 4.78 is 1.19. The third-order valence-electron chi connectivity index (χ3n) is 3.92.